The molecule has 4 rings (SSSR count). The maximum Gasteiger partial charge on any atom is 0.225 e. The summed E-state index contributed by atoms with van der Waals surface area (Å²) >= 11 is 0. The Kier molecular flexibility index (Phi) is 8.55. The van der Waals surface area contributed by atoms with Gasteiger partial charge >= 0.3 is 0 Å². The summed E-state index contributed by atoms with van der Waals surface area (Å²) in [6.45, 7) is 1.77. The van der Waals surface area contributed by atoms with Gasteiger partial charge in [0.25, 0.3) is 0 Å². The molecule has 1 heterocycles. The Bertz CT molecular complexity index is 964. The highest BCUT2D eigenvalue weighted by Gasteiger charge is 2.24. The number of methoxy groups -OCH3 is 3. The summed E-state index contributed by atoms with van der Waals surface area (Å²) in [6, 6.07) is 4.46. The largest absolute Gasteiger partial charge is 0.493 e. The Morgan fingerprint density at radius 3 is 2.23 bits per heavy atom. The molecule has 2 aliphatic carbocycles. The third kappa shape index (κ3) is 6.10. The Labute approximate surface area is 209 Å². The van der Waals surface area contributed by atoms with E-state index in [0.717, 1.165) is 56.1 Å². The highest BCUT2D eigenvalue weighted by atomic mass is 16.5. The van der Waals surface area contributed by atoms with E-state index in [1.807, 2.05) is 12.1 Å². The van der Waals surface area contributed by atoms with Gasteiger partial charge in [0, 0.05) is 32.2 Å². The third-order valence-corrected chi connectivity index (χ3v) is 7.25. The Hall–Kier alpha value is -2.74. The number of ether oxygens (including phenoxy) is 3. The van der Waals surface area contributed by atoms with Crippen LogP contribution >= 0.6 is 0 Å². The molecule has 8 nitrogen and oxygen atoms in total. The van der Waals surface area contributed by atoms with Crippen LogP contribution in [-0.4, -0.2) is 58.0 Å². The summed E-state index contributed by atoms with van der Waals surface area (Å²) in [5, 5.41) is 7.28. The van der Waals surface area contributed by atoms with Gasteiger partial charge in [0.2, 0.25) is 11.7 Å². The van der Waals surface area contributed by atoms with Crippen LogP contribution in [-0.2, 0) is 19.4 Å². The van der Waals surface area contributed by atoms with Crippen LogP contribution in [0.15, 0.2) is 12.1 Å². The van der Waals surface area contributed by atoms with Crippen molar-refractivity contribution >= 4 is 11.8 Å². The van der Waals surface area contributed by atoms with E-state index in [1.165, 1.54) is 36.9 Å². The van der Waals surface area contributed by atoms with Crippen molar-refractivity contribution in [3.63, 3.8) is 0 Å². The molecule has 0 spiro atoms. The van der Waals surface area contributed by atoms with Gasteiger partial charge in [-0.3, -0.25) is 0 Å². The van der Waals surface area contributed by atoms with Crippen LogP contribution in [0.3, 0.4) is 0 Å². The van der Waals surface area contributed by atoms with Crippen molar-refractivity contribution in [2.24, 2.45) is 5.92 Å². The van der Waals surface area contributed by atoms with Gasteiger partial charge in [-0.1, -0.05) is 0 Å². The lowest BCUT2D eigenvalue weighted by Crippen LogP contribution is -2.32. The topological polar surface area (TPSA) is 80.8 Å². The van der Waals surface area contributed by atoms with E-state index in [1.54, 1.807) is 21.3 Å². The smallest absolute Gasteiger partial charge is 0.225 e. The molecule has 1 fully saturated rings. The zero-order chi connectivity index (χ0) is 24.8. The van der Waals surface area contributed by atoms with Gasteiger partial charge in [-0.2, -0.15) is 4.98 Å². The van der Waals surface area contributed by atoms with Crippen molar-refractivity contribution in [2.75, 3.05) is 52.2 Å². The molecule has 1 aromatic heterocycles. The van der Waals surface area contributed by atoms with Crippen molar-refractivity contribution in [1.82, 2.24) is 15.3 Å². The van der Waals surface area contributed by atoms with Gasteiger partial charge in [0.05, 0.1) is 27.0 Å². The second kappa shape index (κ2) is 11.8. The first-order valence-electron chi connectivity index (χ1n) is 12.9. The molecular weight excluding hydrogens is 442 g/mol. The minimum absolute atomic E-state index is 0.443. The zero-order valence-electron chi connectivity index (χ0n) is 21.9. The first kappa shape index (κ1) is 25.4. The van der Waals surface area contributed by atoms with E-state index in [2.05, 4.69) is 29.6 Å². The number of anilines is 2. The number of benzene rings is 1. The lowest BCUT2D eigenvalue weighted by atomic mass is 9.86. The molecule has 0 amide bonds. The van der Waals surface area contributed by atoms with Gasteiger partial charge in [0.1, 0.15) is 5.82 Å². The van der Waals surface area contributed by atoms with E-state index in [4.69, 9.17) is 24.2 Å². The molecule has 0 bridgehead atoms. The van der Waals surface area contributed by atoms with Crippen LogP contribution in [0.25, 0.3) is 0 Å². The minimum atomic E-state index is 0.443. The van der Waals surface area contributed by atoms with E-state index >= 15 is 0 Å². The van der Waals surface area contributed by atoms with Crippen LogP contribution in [0.4, 0.5) is 11.8 Å². The van der Waals surface area contributed by atoms with Crippen LogP contribution in [0.2, 0.25) is 0 Å². The standard InChI is InChI=1S/C27H41N5O3/c1-32(2)26-21-8-6-7-9-22(21)30-27(31-26)29-20-12-10-18(11-13-20)16-28-17-19-14-23(33-3)25(35-5)24(15-19)34-4/h14-15,18,20,28H,6-13,16-17H2,1-5H3,(H,29,30,31)/t18-,20+. The number of nitrogens with zero attached hydrogens (tertiary/aromatic N) is 3. The van der Waals surface area contributed by atoms with E-state index < -0.39 is 0 Å². The molecule has 2 aliphatic rings. The summed E-state index contributed by atoms with van der Waals surface area (Å²) < 4.78 is 16.4. The normalized spacial score (nSPS) is 19.6. The predicted molar refractivity (Wildman–Crippen MR) is 140 cm³/mol. The van der Waals surface area contributed by atoms with E-state index in [9.17, 15) is 0 Å². The minimum Gasteiger partial charge on any atom is -0.493 e. The summed E-state index contributed by atoms with van der Waals surface area (Å²) in [7, 11) is 9.09. The lowest BCUT2D eigenvalue weighted by molar-refractivity contribution is 0.319. The molecule has 0 unspecified atom stereocenters. The van der Waals surface area contributed by atoms with Gasteiger partial charge in [-0.05, 0) is 81.5 Å². The number of nitrogens with one attached hydrogen (secondary N) is 2. The zero-order valence-corrected chi connectivity index (χ0v) is 21.9. The average Bonchev–Trinajstić information content (AvgIpc) is 2.88. The second-order valence-corrected chi connectivity index (χ2v) is 9.92. The fourth-order valence-electron chi connectivity index (χ4n) is 5.36. The number of fused-ring (bicyclic) bond motifs is 1. The molecule has 0 saturated heterocycles. The molecule has 35 heavy (non-hydrogen) atoms. The van der Waals surface area contributed by atoms with E-state index in [-0.39, 0.29) is 0 Å². The van der Waals surface area contributed by atoms with Crippen molar-refractivity contribution in [1.29, 1.82) is 0 Å². The van der Waals surface area contributed by atoms with Gasteiger partial charge in [-0.25, -0.2) is 4.98 Å². The quantitative estimate of drug-likeness (QED) is 0.520. The molecule has 192 valence electrons. The molecule has 8 heteroatoms. The highest BCUT2D eigenvalue weighted by molar-refractivity contribution is 5.54. The molecule has 0 radical (unpaired) electrons. The maximum atomic E-state index is 5.47. The number of aryl methyl sites for hydroxylation is 1. The van der Waals surface area contributed by atoms with Gasteiger partial charge in [0.15, 0.2) is 11.5 Å². The SMILES string of the molecule is COc1cc(CNC[C@H]2CC[C@@H](Nc3nc4c(c(N(C)C)n3)CCCC4)CC2)cc(OC)c1OC. The van der Waals surface area contributed by atoms with Crippen molar-refractivity contribution < 1.29 is 14.2 Å². The third-order valence-electron chi connectivity index (χ3n) is 7.25. The van der Waals surface area contributed by atoms with Crippen LogP contribution in [0, 0.1) is 5.92 Å². The first-order valence-corrected chi connectivity index (χ1v) is 12.9. The van der Waals surface area contributed by atoms with E-state index in [0.29, 0.717) is 29.2 Å². The number of hydrogen-bond donors (Lipinski definition) is 2. The van der Waals surface area contributed by atoms with Crippen LogP contribution in [0.1, 0.15) is 55.3 Å². The van der Waals surface area contributed by atoms with Crippen LogP contribution in [0.5, 0.6) is 17.2 Å². The van der Waals surface area contributed by atoms with Crippen LogP contribution < -0.4 is 29.7 Å². The number of hydrogen-bond acceptors (Lipinski definition) is 8. The molecule has 1 aromatic carbocycles. The van der Waals surface area contributed by atoms with Crippen molar-refractivity contribution in [3.8, 4) is 17.2 Å². The van der Waals surface area contributed by atoms with Crippen molar-refractivity contribution in [3.05, 3.63) is 29.0 Å². The van der Waals surface area contributed by atoms with Gasteiger partial charge in [-0.15, -0.1) is 0 Å². The van der Waals surface area contributed by atoms with Gasteiger partial charge < -0.3 is 29.7 Å². The number of rotatable bonds is 10. The number of aromatic nitrogens is 2. The molecule has 0 aliphatic heterocycles. The second-order valence-electron chi connectivity index (χ2n) is 9.92. The highest BCUT2D eigenvalue weighted by Crippen LogP contribution is 2.38. The molecule has 2 aromatic rings. The predicted octanol–water partition coefficient (Wildman–Crippen LogP) is 4.21. The fraction of sp³-hybridized carbons (Fsp3) is 0.630. The Balaban J connectivity index is 1.27. The summed E-state index contributed by atoms with van der Waals surface area (Å²) in [6.07, 6.45) is 9.32. The van der Waals surface area contributed by atoms with Crippen molar-refractivity contribution in [2.45, 2.75) is 64.0 Å². The first-order chi connectivity index (χ1) is 17.0. The molecule has 2 N–H and O–H groups in total. The summed E-state index contributed by atoms with van der Waals surface area (Å²) in [4.78, 5) is 11.9. The monoisotopic (exact) mass is 483 g/mol. The lowest BCUT2D eigenvalue weighted by Gasteiger charge is -2.30. The average molecular weight is 484 g/mol. The summed E-state index contributed by atoms with van der Waals surface area (Å²) in [5.74, 6) is 4.58. The Morgan fingerprint density at radius 1 is 0.914 bits per heavy atom. The molecule has 0 atom stereocenters. The molecule has 1 saturated carbocycles. The maximum absolute atomic E-state index is 5.47. The molecular formula is C27H41N5O3. The fourth-order valence-corrected chi connectivity index (χ4v) is 5.36. The summed E-state index contributed by atoms with van der Waals surface area (Å²) in [5.41, 5.74) is 3.70. The Morgan fingerprint density at radius 2 is 1.60 bits per heavy atom.